The first kappa shape index (κ1) is 37.4. The Morgan fingerprint density at radius 3 is 2.07 bits per heavy atom. The van der Waals surface area contributed by atoms with Crippen LogP contribution in [0.4, 0.5) is 11.4 Å². The molecule has 1 atom stereocenters. The Balaban J connectivity index is 0.00000129. The number of benzene rings is 2. The number of unbranched alkanes of at least 4 members (excludes halogenated alkanes) is 3. The third-order valence-corrected chi connectivity index (χ3v) is 7.99. The molecule has 0 saturated carbocycles. The maximum Gasteiger partial charge on any atom is 0.0675 e. The molecule has 2 aromatic carbocycles. The third-order valence-electron chi connectivity index (χ3n) is 7.99. The van der Waals surface area contributed by atoms with Crippen molar-refractivity contribution in [1.82, 2.24) is 10.6 Å². The zero-order valence-electron chi connectivity index (χ0n) is 26.5. The number of nitrogens with two attached hydrogens (primary N) is 1. The van der Waals surface area contributed by atoms with Crippen molar-refractivity contribution in [2.45, 2.75) is 79.6 Å². The molecule has 0 aromatic heterocycles. The van der Waals surface area contributed by atoms with Crippen molar-refractivity contribution in [3.05, 3.63) is 84.6 Å². The zero-order valence-corrected chi connectivity index (χ0v) is 29.3. The van der Waals surface area contributed by atoms with Crippen LogP contribution in [0.2, 0.25) is 0 Å². The second-order valence-electron chi connectivity index (χ2n) is 11.5. The van der Waals surface area contributed by atoms with Crippen LogP contribution in [0.5, 0.6) is 0 Å². The number of hydrogen-bond donors (Lipinski definition) is 3. The molecule has 1 heterocycles. The van der Waals surface area contributed by atoms with Crippen LogP contribution >= 0.6 is 0 Å². The molecule has 41 heavy (non-hydrogen) atoms. The van der Waals surface area contributed by atoms with Gasteiger partial charge in [-0.3, -0.25) is 0 Å². The second kappa shape index (κ2) is 19.5. The number of para-hydroxylation sites is 2. The molecule has 1 aliphatic heterocycles. The summed E-state index contributed by atoms with van der Waals surface area (Å²) in [6.07, 6.45) is 8.39. The van der Waals surface area contributed by atoms with E-state index < -0.39 is 0 Å². The fourth-order valence-electron chi connectivity index (χ4n) is 5.08. The predicted molar refractivity (Wildman–Crippen MR) is 177 cm³/mol. The van der Waals surface area contributed by atoms with E-state index in [-0.39, 0.29) is 50.6 Å². The molecule has 5 N–H and O–H groups in total. The minimum Gasteiger partial charge on any atom is -0.676 e. The molecule has 0 spiro atoms. The van der Waals surface area contributed by atoms with Gasteiger partial charge in [0.2, 0.25) is 0 Å². The number of hydrogen-bond acceptors (Lipinski definition) is 4. The quantitative estimate of drug-likeness (QED) is 0.135. The van der Waals surface area contributed by atoms with Crippen molar-refractivity contribution in [1.29, 1.82) is 0 Å². The predicted octanol–water partition coefficient (Wildman–Crippen LogP) is 8.92. The Morgan fingerprint density at radius 1 is 0.951 bits per heavy atom. The van der Waals surface area contributed by atoms with Gasteiger partial charge in [-0.05, 0) is 56.4 Å². The Kier molecular flexibility index (Phi) is 17.8. The van der Waals surface area contributed by atoms with Crippen LogP contribution in [-0.2, 0) is 32.7 Å². The summed E-state index contributed by atoms with van der Waals surface area (Å²) in [4.78, 5) is 2.30. The summed E-state index contributed by atoms with van der Waals surface area (Å²) in [5.41, 5.74) is 21.3. The summed E-state index contributed by atoms with van der Waals surface area (Å²) in [5, 5.41) is 7.01. The standard InChI is InChI=1S/C30H44N5.C5H11.Y/c1-6-7-19-33-20-12-17-30(4,5)22(2)23(3)35-26-15-10-8-13-24(26)28(32)29(34-21-18-31)25-14-9-11-16-27(25)35;1-3-5-4-2;/h8-11,13-16,22,31,33-34H,3,6-7,12,17-21,32H2,1-2,4-5H3;1,3-5H2,2H3;/q2*-1;. The van der Waals surface area contributed by atoms with Gasteiger partial charge >= 0.3 is 0 Å². The van der Waals surface area contributed by atoms with E-state index in [9.17, 15) is 0 Å². The largest absolute Gasteiger partial charge is 0.676 e. The number of allylic oxidation sites excluding steroid dienone is 1. The number of rotatable bonds is 15. The zero-order chi connectivity index (χ0) is 29.5. The van der Waals surface area contributed by atoms with Crippen LogP contribution in [0.15, 0.2) is 60.8 Å². The fourth-order valence-corrected chi connectivity index (χ4v) is 5.08. The van der Waals surface area contributed by atoms with Crippen LogP contribution in [0.25, 0.3) is 17.1 Å². The average molecular weight is 635 g/mol. The van der Waals surface area contributed by atoms with E-state index in [4.69, 9.17) is 11.5 Å². The van der Waals surface area contributed by atoms with Gasteiger partial charge in [-0.2, -0.15) is 6.42 Å². The SMILES string of the molecule is C=C(C(C)C(C)(C)CCCNCCCC)N1c2ccccc2C(N)=C(NCC[NH-])c2ccccc21.[CH2-]CCCC.[Y]. The van der Waals surface area contributed by atoms with Gasteiger partial charge in [0, 0.05) is 55.5 Å². The molecule has 0 amide bonds. The molecule has 1 aliphatic rings. The molecule has 3 rings (SSSR count). The fraction of sp³-hybridized carbons (Fsp3) is 0.514. The smallest absolute Gasteiger partial charge is 0.0675 e. The molecule has 0 bridgehead atoms. The van der Waals surface area contributed by atoms with Crippen LogP contribution in [-0.4, -0.2) is 26.2 Å². The Morgan fingerprint density at radius 2 is 1.51 bits per heavy atom. The van der Waals surface area contributed by atoms with Gasteiger partial charge in [0.25, 0.3) is 0 Å². The molecule has 2 aromatic rings. The van der Waals surface area contributed by atoms with Gasteiger partial charge in [0.05, 0.1) is 22.8 Å². The molecule has 225 valence electrons. The molecular formula is C35H55N5Y-2. The molecular weight excluding hydrogens is 579 g/mol. The van der Waals surface area contributed by atoms with Crippen molar-refractivity contribution < 1.29 is 32.7 Å². The first-order valence-corrected chi connectivity index (χ1v) is 15.3. The first-order chi connectivity index (χ1) is 19.2. The van der Waals surface area contributed by atoms with Crippen LogP contribution in [0.3, 0.4) is 0 Å². The van der Waals surface area contributed by atoms with Crippen molar-refractivity contribution >= 4 is 22.8 Å². The molecule has 0 fully saturated rings. The van der Waals surface area contributed by atoms with E-state index in [0.29, 0.717) is 12.2 Å². The van der Waals surface area contributed by atoms with E-state index >= 15 is 0 Å². The van der Waals surface area contributed by atoms with Crippen molar-refractivity contribution in [2.24, 2.45) is 17.1 Å². The van der Waals surface area contributed by atoms with E-state index in [1.807, 2.05) is 12.1 Å². The maximum atomic E-state index is 7.65. The van der Waals surface area contributed by atoms with Gasteiger partial charge in [-0.15, -0.1) is 6.54 Å². The molecule has 5 nitrogen and oxygen atoms in total. The van der Waals surface area contributed by atoms with Gasteiger partial charge in [-0.25, -0.2) is 0 Å². The van der Waals surface area contributed by atoms with E-state index in [1.54, 1.807) is 0 Å². The summed E-state index contributed by atoms with van der Waals surface area (Å²) in [5.74, 6) is 0.253. The number of nitrogens with one attached hydrogen (secondary N) is 3. The van der Waals surface area contributed by atoms with E-state index in [2.05, 4.69) is 100 Å². The third kappa shape index (κ3) is 10.5. The summed E-state index contributed by atoms with van der Waals surface area (Å²) >= 11 is 0. The molecule has 0 aliphatic carbocycles. The normalized spacial score (nSPS) is 13.2. The summed E-state index contributed by atoms with van der Waals surface area (Å²) in [7, 11) is 0. The number of anilines is 2. The molecule has 0 saturated heterocycles. The molecule has 6 heteroatoms. The molecule has 1 unspecified atom stereocenters. The topological polar surface area (TPSA) is 77.1 Å². The van der Waals surface area contributed by atoms with Gasteiger partial charge in [-0.1, -0.05) is 96.9 Å². The van der Waals surface area contributed by atoms with Crippen LogP contribution < -0.4 is 21.3 Å². The number of nitrogens with zero attached hydrogens (tertiary/aromatic N) is 1. The molecule has 1 radical (unpaired) electrons. The van der Waals surface area contributed by atoms with Gasteiger partial charge in [0.1, 0.15) is 0 Å². The van der Waals surface area contributed by atoms with E-state index in [0.717, 1.165) is 66.2 Å². The minimum atomic E-state index is 0. The maximum absolute atomic E-state index is 7.65. The summed E-state index contributed by atoms with van der Waals surface area (Å²) < 4.78 is 0. The first-order valence-electron chi connectivity index (χ1n) is 15.3. The van der Waals surface area contributed by atoms with Gasteiger partial charge < -0.3 is 33.9 Å². The van der Waals surface area contributed by atoms with E-state index in [1.165, 1.54) is 25.7 Å². The van der Waals surface area contributed by atoms with Crippen molar-refractivity contribution in [2.75, 3.05) is 31.1 Å². The Labute approximate surface area is 276 Å². The Hall–Kier alpha value is -1.66. The average Bonchev–Trinajstić information content (AvgIpc) is 3.06. The summed E-state index contributed by atoms with van der Waals surface area (Å²) in [6, 6.07) is 16.7. The Bertz CT molecular complexity index is 1080. The van der Waals surface area contributed by atoms with Gasteiger partial charge in [0.15, 0.2) is 0 Å². The minimum absolute atomic E-state index is 0. The number of fused-ring (bicyclic) bond motifs is 2. The van der Waals surface area contributed by atoms with Crippen molar-refractivity contribution in [3.63, 3.8) is 0 Å². The second-order valence-corrected chi connectivity index (χ2v) is 11.5. The summed E-state index contributed by atoms with van der Waals surface area (Å²) in [6.45, 7) is 22.8. The monoisotopic (exact) mass is 634 g/mol. The van der Waals surface area contributed by atoms with Crippen LogP contribution in [0, 0.1) is 18.3 Å². The van der Waals surface area contributed by atoms with Crippen molar-refractivity contribution in [3.8, 4) is 0 Å². The van der Waals surface area contributed by atoms with Crippen LogP contribution in [0.1, 0.15) is 90.7 Å².